The minimum Gasteiger partial charge on any atom is -0.497 e. The zero-order valence-electron chi connectivity index (χ0n) is 14.8. The van der Waals surface area contributed by atoms with E-state index in [0.717, 1.165) is 5.69 Å². The van der Waals surface area contributed by atoms with Crippen LogP contribution in [0, 0.1) is 0 Å². The Bertz CT molecular complexity index is 866. The molecule has 2 aromatic carbocycles. The second-order valence-electron chi connectivity index (χ2n) is 6.11. The summed E-state index contributed by atoms with van der Waals surface area (Å²) in [5.41, 5.74) is 6.58. The Hall–Kier alpha value is -3.55. The van der Waals surface area contributed by atoms with E-state index in [2.05, 4.69) is 10.6 Å². The highest BCUT2D eigenvalue weighted by Gasteiger charge is 2.31. The highest BCUT2D eigenvalue weighted by molar-refractivity contribution is 6.03. The van der Waals surface area contributed by atoms with Crippen molar-refractivity contribution in [2.24, 2.45) is 5.73 Å². The van der Waals surface area contributed by atoms with Gasteiger partial charge in [0.15, 0.2) is 0 Å². The molecule has 2 aromatic rings. The minimum absolute atomic E-state index is 0.0806. The predicted molar refractivity (Wildman–Crippen MR) is 101 cm³/mol. The van der Waals surface area contributed by atoms with Crippen molar-refractivity contribution in [3.8, 4) is 5.75 Å². The molecule has 27 heavy (non-hydrogen) atoms. The number of anilines is 2. The predicted octanol–water partition coefficient (Wildman–Crippen LogP) is 1.72. The summed E-state index contributed by atoms with van der Waals surface area (Å²) in [6.45, 7) is 0.357. The molecule has 3 rings (SSSR count). The first-order valence-corrected chi connectivity index (χ1v) is 8.38. The summed E-state index contributed by atoms with van der Waals surface area (Å²) in [7, 11) is 1.57. The topological polar surface area (TPSA) is 114 Å². The lowest BCUT2D eigenvalue weighted by molar-refractivity contribution is -0.117. The first-order chi connectivity index (χ1) is 13.0. The quantitative estimate of drug-likeness (QED) is 0.745. The van der Waals surface area contributed by atoms with Crippen LogP contribution < -0.4 is 26.0 Å². The lowest BCUT2D eigenvalue weighted by Gasteiger charge is -2.18. The largest absolute Gasteiger partial charge is 0.497 e. The SMILES string of the molecule is COc1ccc(N2CC(NC(=O)Nc3ccccc3C(N)=O)CC2=O)cc1. The van der Waals surface area contributed by atoms with Gasteiger partial charge in [-0.3, -0.25) is 9.59 Å². The Labute approximate surface area is 156 Å². The zero-order chi connectivity index (χ0) is 19.4. The van der Waals surface area contributed by atoms with Crippen LogP contribution in [0.5, 0.6) is 5.75 Å². The van der Waals surface area contributed by atoms with Crippen molar-refractivity contribution in [2.45, 2.75) is 12.5 Å². The molecular weight excluding hydrogens is 348 g/mol. The van der Waals surface area contributed by atoms with Crippen molar-refractivity contribution in [1.82, 2.24) is 5.32 Å². The minimum atomic E-state index is -0.632. The third-order valence-corrected chi connectivity index (χ3v) is 4.29. The number of nitrogens with two attached hydrogens (primary N) is 1. The lowest BCUT2D eigenvalue weighted by Crippen LogP contribution is -2.40. The van der Waals surface area contributed by atoms with E-state index in [-0.39, 0.29) is 23.9 Å². The van der Waals surface area contributed by atoms with Crippen LogP contribution in [0.1, 0.15) is 16.8 Å². The van der Waals surface area contributed by atoms with Crippen LogP contribution in [0.2, 0.25) is 0 Å². The number of hydrogen-bond acceptors (Lipinski definition) is 4. The van der Waals surface area contributed by atoms with Gasteiger partial charge in [-0.2, -0.15) is 0 Å². The first kappa shape index (κ1) is 18.2. The highest BCUT2D eigenvalue weighted by Crippen LogP contribution is 2.24. The van der Waals surface area contributed by atoms with Gasteiger partial charge in [-0.05, 0) is 36.4 Å². The number of rotatable bonds is 5. The molecule has 1 aliphatic rings. The van der Waals surface area contributed by atoms with Crippen molar-refractivity contribution >= 4 is 29.2 Å². The molecule has 0 saturated carbocycles. The highest BCUT2D eigenvalue weighted by atomic mass is 16.5. The van der Waals surface area contributed by atoms with Crippen molar-refractivity contribution in [1.29, 1.82) is 0 Å². The molecule has 140 valence electrons. The van der Waals surface area contributed by atoms with Gasteiger partial charge in [0.2, 0.25) is 5.91 Å². The number of nitrogens with zero attached hydrogens (tertiary/aromatic N) is 1. The first-order valence-electron chi connectivity index (χ1n) is 8.38. The van der Waals surface area contributed by atoms with E-state index < -0.39 is 11.9 Å². The molecule has 1 saturated heterocycles. The van der Waals surface area contributed by atoms with E-state index in [1.807, 2.05) is 0 Å². The second-order valence-corrected chi connectivity index (χ2v) is 6.11. The summed E-state index contributed by atoms with van der Waals surface area (Å²) in [5.74, 6) is -0.0109. The van der Waals surface area contributed by atoms with Gasteiger partial charge in [-0.1, -0.05) is 12.1 Å². The normalized spacial score (nSPS) is 16.1. The van der Waals surface area contributed by atoms with Gasteiger partial charge < -0.3 is 26.0 Å². The number of methoxy groups -OCH3 is 1. The summed E-state index contributed by atoms with van der Waals surface area (Å²) >= 11 is 0. The number of para-hydroxylation sites is 1. The number of hydrogen-bond donors (Lipinski definition) is 3. The van der Waals surface area contributed by atoms with Gasteiger partial charge in [-0.15, -0.1) is 0 Å². The molecule has 0 radical (unpaired) electrons. The van der Waals surface area contributed by atoms with Gasteiger partial charge in [-0.25, -0.2) is 4.79 Å². The molecule has 0 bridgehead atoms. The van der Waals surface area contributed by atoms with Crippen LogP contribution in [-0.2, 0) is 4.79 Å². The molecule has 1 atom stereocenters. The fourth-order valence-electron chi connectivity index (χ4n) is 2.97. The van der Waals surface area contributed by atoms with Crippen LogP contribution in [0.4, 0.5) is 16.2 Å². The molecule has 0 aromatic heterocycles. The van der Waals surface area contributed by atoms with Crippen LogP contribution in [0.15, 0.2) is 48.5 Å². The average molecular weight is 368 g/mol. The molecule has 1 aliphatic heterocycles. The third kappa shape index (κ3) is 4.17. The number of benzene rings is 2. The lowest BCUT2D eigenvalue weighted by atomic mass is 10.1. The summed E-state index contributed by atoms with van der Waals surface area (Å²) in [4.78, 5) is 37.6. The maximum atomic E-state index is 12.3. The number of carbonyl (C=O) groups is 3. The van der Waals surface area contributed by atoms with Gasteiger partial charge in [0, 0.05) is 18.7 Å². The van der Waals surface area contributed by atoms with Crippen LogP contribution in [-0.4, -0.2) is 37.5 Å². The summed E-state index contributed by atoms with van der Waals surface area (Å²) in [6.07, 6.45) is 0.191. The Morgan fingerprint density at radius 1 is 1.15 bits per heavy atom. The van der Waals surface area contributed by atoms with Crippen LogP contribution >= 0.6 is 0 Å². The smallest absolute Gasteiger partial charge is 0.319 e. The number of primary amides is 1. The Morgan fingerprint density at radius 3 is 2.52 bits per heavy atom. The average Bonchev–Trinajstić information content (AvgIpc) is 3.02. The summed E-state index contributed by atoms with van der Waals surface area (Å²) in [5, 5.41) is 5.36. The molecule has 0 aliphatic carbocycles. The Morgan fingerprint density at radius 2 is 1.85 bits per heavy atom. The molecule has 8 heteroatoms. The summed E-state index contributed by atoms with van der Waals surface area (Å²) < 4.78 is 5.11. The van der Waals surface area contributed by atoms with E-state index in [9.17, 15) is 14.4 Å². The van der Waals surface area contributed by atoms with Crippen molar-refractivity contribution in [2.75, 3.05) is 23.9 Å². The number of urea groups is 1. The van der Waals surface area contributed by atoms with E-state index in [1.165, 1.54) is 6.07 Å². The molecule has 0 spiro atoms. The van der Waals surface area contributed by atoms with Crippen LogP contribution in [0.25, 0.3) is 0 Å². The fraction of sp³-hybridized carbons (Fsp3) is 0.211. The maximum Gasteiger partial charge on any atom is 0.319 e. The zero-order valence-corrected chi connectivity index (χ0v) is 14.8. The Kier molecular flexibility index (Phi) is 5.25. The standard InChI is InChI=1S/C19H20N4O4/c1-27-14-8-6-13(7-9-14)23-11-12(10-17(23)24)21-19(26)22-16-5-3-2-4-15(16)18(20)25/h2-9,12H,10-11H2,1H3,(H2,20,25)(H2,21,22,26). The fourth-order valence-corrected chi connectivity index (χ4v) is 2.97. The second kappa shape index (κ2) is 7.77. The molecule has 8 nitrogen and oxygen atoms in total. The van der Waals surface area contributed by atoms with Crippen molar-refractivity contribution in [3.63, 3.8) is 0 Å². The van der Waals surface area contributed by atoms with Gasteiger partial charge in [0.05, 0.1) is 24.4 Å². The van der Waals surface area contributed by atoms with E-state index in [0.29, 0.717) is 18.0 Å². The van der Waals surface area contributed by atoms with E-state index in [4.69, 9.17) is 10.5 Å². The molecule has 4 amide bonds. The van der Waals surface area contributed by atoms with Gasteiger partial charge >= 0.3 is 6.03 Å². The monoisotopic (exact) mass is 368 g/mol. The van der Waals surface area contributed by atoms with Crippen LogP contribution in [0.3, 0.4) is 0 Å². The molecule has 1 heterocycles. The van der Waals surface area contributed by atoms with E-state index >= 15 is 0 Å². The summed E-state index contributed by atoms with van der Waals surface area (Å²) in [6, 6.07) is 12.8. The molecule has 1 unspecified atom stereocenters. The Balaban J connectivity index is 1.62. The maximum absolute atomic E-state index is 12.3. The van der Waals surface area contributed by atoms with Gasteiger partial charge in [0.1, 0.15) is 5.75 Å². The van der Waals surface area contributed by atoms with Crippen molar-refractivity contribution in [3.05, 3.63) is 54.1 Å². The number of amides is 4. The molecular formula is C19H20N4O4. The van der Waals surface area contributed by atoms with E-state index in [1.54, 1.807) is 54.5 Å². The number of carbonyl (C=O) groups excluding carboxylic acids is 3. The van der Waals surface area contributed by atoms with Gasteiger partial charge in [0.25, 0.3) is 5.91 Å². The number of nitrogens with one attached hydrogen (secondary N) is 2. The third-order valence-electron chi connectivity index (χ3n) is 4.29. The number of ether oxygens (including phenoxy) is 1. The molecule has 1 fully saturated rings. The van der Waals surface area contributed by atoms with Crippen molar-refractivity contribution < 1.29 is 19.1 Å². The molecule has 4 N–H and O–H groups in total.